The van der Waals surface area contributed by atoms with Crippen molar-refractivity contribution in [2.24, 2.45) is 5.10 Å². The highest BCUT2D eigenvalue weighted by molar-refractivity contribution is 6.39. The molecule has 1 aliphatic rings. The van der Waals surface area contributed by atoms with E-state index in [0.717, 1.165) is 11.1 Å². The number of fused-ring (bicyclic) bond motifs is 1. The molecule has 0 bridgehead atoms. The second-order valence-electron chi connectivity index (χ2n) is 5.56. The van der Waals surface area contributed by atoms with E-state index >= 15 is 0 Å². The fraction of sp³-hybridized carbons (Fsp3) is 0.167. The van der Waals surface area contributed by atoms with E-state index in [-0.39, 0.29) is 6.79 Å². The van der Waals surface area contributed by atoms with Crippen LogP contribution in [0.5, 0.6) is 11.5 Å². The molecule has 7 nitrogen and oxygen atoms in total. The summed E-state index contributed by atoms with van der Waals surface area (Å²) in [6.45, 7) is 4.09. The second kappa shape index (κ2) is 7.04. The van der Waals surface area contributed by atoms with Crippen molar-refractivity contribution >= 4 is 23.7 Å². The third kappa shape index (κ3) is 3.95. The van der Waals surface area contributed by atoms with E-state index in [4.69, 9.17) is 9.47 Å². The molecular weight excluding hydrogens is 322 g/mol. The van der Waals surface area contributed by atoms with Crippen molar-refractivity contribution in [2.75, 3.05) is 12.1 Å². The Hall–Kier alpha value is -3.35. The van der Waals surface area contributed by atoms with Crippen LogP contribution in [0.1, 0.15) is 16.7 Å². The summed E-state index contributed by atoms with van der Waals surface area (Å²) in [6, 6.07) is 10.7. The highest BCUT2D eigenvalue weighted by Crippen LogP contribution is 2.31. The van der Waals surface area contributed by atoms with Crippen molar-refractivity contribution in [3.05, 3.63) is 53.1 Å². The number of hydrazone groups is 1. The molecule has 0 aliphatic carbocycles. The maximum absolute atomic E-state index is 11.9. The molecule has 0 radical (unpaired) electrons. The Balaban J connectivity index is 1.56. The van der Waals surface area contributed by atoms with Crippen LogP contribution in [0.25, 0.3) is 0 Å². The zero-order valence-corrected chi connectivity index (χ0v) is 13.8. The molecule has 2 N–H and O–H groups in total. The number of carbonyl (C=O) groups excluding carboxylic acids is 2. The summed E-state index contributed by atoms with van der Waals surface area (Å²) in [4.78, 5) is 23.7. The topological polar surface area (TPSA) is 89.0 Å². The summed E-state index contributed by atoms with van der Waals surface area (Å²) < 4.78 is 10.5. The molecule has 1 aliphatic heterocycles. The predicted molar refractivity (Wildman–Crippen MR) is 92.8 cm³/mol. The van der Waals surface area contributed by atoms with E-state index < -0.39 is 11.8 Å². The lowest BCUT2D eigenvalue weighted by Gasteiger charge is -2.06. The van der Waals surface area contributed by atoms with Crippen LogP contribution in [-0.4, -0.2) is 24.8 Å². The van der Waals surface area contributed by atoms with Gasteiger partial charge >= 0.3 is 11.8 Å². The minimum absolute atomic E-state index is 0.186. The molecule has 0 unspecified atom stereocenters. The van der Waals surface area contributed by atoms with E-state index in [1.807, 2.05) is 19.9 Å². The molecule has 128 valence electrons. The Kier molecular flexibility index (Phi) is 4.65. The molecule has 0 spiro atoms. The van der Waals surface area contributed by atoms with E-state index in [2.05, 4.69) is 15.8 Å². The molecule has 25 heavy (non-hydrogen) atoms. The SMILES string of the molecule is Cc1ccc(NC(=O)C(=O)N/N=C/c2ccc3c(c2)OCO3)cc1C. The van der Waals surface area contributed by atoms with Gasteiger partial charge in [-0.3, -0.25) is 9.59 Å². The third-order valence-corrected chi connectivity index (χ3v) is 3.75. The number of hydrogen-bond acceptors (Lipinski definition) is 5. The Morgan fingerprint density at radius 2 is 1.80 bits per heavy atom. The molecule has 0 saturated carbocycles. The van der Waals surface area contributed by atoms with Gasteiger partial charge in [0.05, 0.1) is 6.21 Å². The summed E-state index contributed by atoms with van der Waals surface area (Å²) in [7, 11) is 0. The van der Waals surface area contributed by atoms with Crippen molar-refractivity contribution in [2.45, 2.75) is 13.8 Å². The standard InChI is InChI=1S/C18H17N3O4/c1-11-3-5-14(7-12(11)2)20-17(22)18(23)21-19-9-13-4-6-15-16(8-13)25-10-24-15/h3-9H,10H2,1-2H3,(H,20,22)(H,21,23)/b19-9+. The Morgan fingerprint density at radius 1 is 1.00 bits per heavy atom. The van der Waals surface area contributed by atoms with Gasteiger partial charge in [0, 0.05) is 5.69 Å². The summed E-state index contributed by atoms with van der Waals surface area (Å²) in [5.74, 6) is -0.363. The summed E-state index contributed by atoms with van der Waals surface area (Å²) in [5, 5.41) is 6.31. The van der Waals surface area contributed by atoms with Gasteiger partial charge in [-0.15, -0.1) is 0 Å². The molecule has 0 saturated heterocycles. The maximum Gasteiger partial charge on any atom is 0.329 e. The molecule has 1 heterocycles. The van der Waals surface area contributed by atoms with Crippen LogP contribution in [0.4, 0.5) is 5.69 Å². The molecule has 3 rings (SSSR count). The normalized spacial score (nSPS) is 12.2. The lowest BCUT2D eigenvalue weighted by molar-refractivity contribution is -0.136. The third-order valence-electron chi connectivity index (χ3n) is 3.75. The first-order valence-corrected chi connectivity index (χ1v) is 7.64. The van der Waals surface area contributed by atoms with Crippen molar-refractivity contribution in [1.29, 1.82) is 0 Å². The van der Waals surface area contributed by atoms with Gasteiger partial charge in [0.15, 0.2) is 11.5 Å². The Bertz CT molecular complexity index is 861. The average molecular weight is 339 g/mol. The molecule has 2 aromatic rings. The molecule has 0 fully saturated rings. The van der Waals surface area contributed by atoms with Gasteiger partial charge < -0.3 is 14.8 Å². The van der Waals surface area contributed by atoms with E-state index in [0.29, 0.717) is 22.7 Å². The number of nitrogens with zero attached hydrogens (tertiary/aromatic N) is 1. The molecule has 2 amide bonds. The average Bonchev–Trinajstić information content (AvgIpc) is 3.05. The number of nitrogens with one attached hydrogen (secondary N) is 2. The molecule has 0 atom stereocenters. The monoisotopic (exact) mass is 339 g/mol. The minimum Gasteiger partial charge on any atom is -0.454 e. The van der Waals surface area contributed by atoms with Gasteiger partial charge in [0.1, 0.15) is 0 Å². The van der Waals surface area contributed by atoms with E-state index in [1.165, 1.54) is 6.21 Å². The number of aryl methyl sites for hydroxylation is 2. The van der Waals surface area contributed by atoms with Gasteiger partial charge in [-0.25, -0.2) is 5.43 Å². The van der Waals surface area contributed by atoms with Crippen molar-refractivity contribution in [1.82, 2.24) is 5.43 Å². The van der Waals surface area contributed by atoms with Gasteiger partial charge in [-0.2, -0.15) is 5.10 Å². The number of anilines is 1. The summed E-state index contributed by atoms with van der Waals surface area (Å²) >= 11 is 0. The summed E-state index contributed by atoms with van der Waals surface area (Å²) in [6.07, 6.45) is 1.42. The lowest BCUT2D eigenvalue weighted by Crippen LogP contribution is -2.32. The quantitative estimate of drug-likeness (QED) is 0.509. The van der Waals surface area contributed by atoms with Crippen molar-refractivity contribution in [3.63, 3.8) is 0 Å². The van der Waals surface area contributed by atoms with Crippen LogP contribution in [0.15, 0.2) is 41.5 Å². The van der Waals surface area contributed by atoms with Gasteiger partial charge in [0.2, 0.25) is 6.79 Å². The first kappa shape index (κ1) is 16.5. The van der Waals surface area contributed by atoms with E-state index in [9.17, 15) is 9.59 Å². The van der Waals surface area contributed by atoms with Crippen LogP contribution in [-0.2, 0) is 9.59 Å². The zero-order valence-electron chi connectivity index (χ0n) is 13.8. The predicted octanol–water partition coefficient (Wildman–Crippen LogP) is 2.12. The van der Waals surface area contributed by atoms with Crippen LogP contribution in [0, 0.1) is 13.8 Å². The van der Waals surface area contributed by atoms with Gasteiger partial charge in [-0.05, 0) is 60.9 Å². The number of ether oxygens (including phenoxy) is 2. The maximum atomic E-state index is 11.9. The highest BCUT2D eigenvalue weighted by atomic mass is 16.7. The van der Waals surface area contributed by atoms with E-state index in [1.54, 1.807) is 30.3 Å². The number of benzene rings is 2. The zero-order chi connectivity index (χ0) is 17.8. The second-order valence-corrected chi connectivity index (χ2v) is 5.56. The Labute approximate surface area is 144 Å². The highest BCUT2D eigenvalue weighted by Gasteiger charge is 2.14. The number of hydrogen-bond donors (Lipinski definition) is 2. The van der Waals surface area contributed by atoms with Crippen molar-refractivity contribution < 1.29 is 19.1 Å². The molecular formula is C18H17N3O4. The Morgan fingerprint density at radius 3 is 2.60 bits per heavy atom. The number of carbonyl (C=O) groups is 2. The fourth-order valence-corrected chi connectivity index (χ4v) is 2.22. The first-order valence-electron chi connectivity index (χ1n) is 7.64. The smallest absolute Gasteiger partial charge is 0.329 e. The van der Waals surface area contributed by atoms with Crippen molar-refractivity contribution in [3.8, 4) is 11.5 Å². The van der Waals surface area contributed by atoms with Crippen LogP contribution in [0.3, 0.4) is 0 Å². The summed E-state index contributed by atoms with van der Waals surface area (Å²) in [5.41, 5.74) is 5.59. The fourth-order valence-electron chi connectivity index (χ4n) is 2.22. The minimum atomic E-state index is -0.852. The molecule has 7 heteroatoms. The largest absolute Gasteiger partial charge is 0.454 e. The molecule has 2 aromatic carbocycles. The van der Waals surface area contributed by atoms with Crippen LogP contribution in [0.2, 0.25) is 0 Å². The first-order chi connectivity index (χ1) is 12.0. The van der Waals surface area contributed by atoms with Gasteiger partial charge in [-0.1, -0.05) is 6.07 Å². The number of rotatable bonds is 3. The van der Waals surface area contributed by atoms with Crippen LogP contribution >= 0.6 is 0 Å². The molecule has 0 aromatic heterocycles. The van der Waals surface area contributed by atoms with Gasteiger partial charge in [0.25, 0.3) is 0 Å². The lowest BCUT2D eigenvalue weighted by atomic mass is 10.1. The number of amides is 2. The van der Waals surface area contributed by atoms with Crippen LogP contribution < -0.4 is 20.2 Å².